The second-order valence-corrected chi connectivity index (χ2v) is 6.51. The molecule has 2 nitrogen and oxygen atoms in total. The van der Waals surface area contributed by atoms with Crippen LogP contribution in [0, 0.1) is 0 Å². The van der Waals surface area contributed by atoms with E-state index < -0.39 is 0 Å². The summed E-state index contributed by atoms with van der Waals surface area (Å²) in [7, 11) is 1.82. The molecule has 1 atom stereocenters. The minimum atomic E-state index is 0.0436. The molecule has 0 radical (unpaired) electrons. The van der Waals surface area contributed by atoms with Gasteiger partial charge in [-0.3, -0.25) is 4.90 Å². The lowest BCUT2D eigenvalue weighted by Gasteiger charge is -2.39. The molecule has 1 aromatic rings. The SMILES string of the molecule is COC1(C)CCCN(Cc2sccc2Br)C1. The molecule has 2 rings (SSSR count). The first-order valence-electron chi connectivity index (χ1n) is 5.62. The molecule has 0 aromatic carbocycles. The van der Waals surface area contributed by atoms with E-state index in [1.165, 1.54) is 28.7 Å². The van der Waals surface area contributed by atoms with Crippen LogP contribution in [0.3, 0.4) is 0 Å². The molecule has 0 saturated carbocycles. The Morgan fingerprint density at radius 3 is 3.06 bits per heavy atom. The van der Waals surface area contributed by atoms with Crippen molar-refractivity contribution in [2.75, 3.05) is 20.2 Å². The number of nitrogens with zero attached hydrogens (tertiary/aromatic N) is 1. The van der Waals surface area contributed by atoms with Crippen molar-refractivity contribution in [1.29, 1.82) is 0 Å². The minimum Gasteiger partial charge on any atom is -0.377 e. The Balaban J connectivity index is 1.98. The first-order valence-corrected chi connectivity index (χ1v) is 7.30. The van der Waals surface area contributed by atoms with E-state index in [0.717, 1.165) is 13.1 Å². The van der Waals surface area contributed by atoms with Crippen LogP contribution in [0.15, 0.2) is 15.9 Å². The molecule has 0 amide bonds. The van der Waals surface area contributed by atoms with Crippen molar-refractivity contribution in [2.45, 2.75) is 31.9 Å². The third-order valence-electron chi connectivity index (χ3n) is 3.29. The van der Waals surface area contributed by atoms with Gasteiger partial charge in [0, 0.05) is 29.5 Å². The third-order valence-corrected chi connectivity index (χ3v) is 5.20. The fraction of sp³-hybridized carbons (Fsp3) is 0.667. The van der Waals surface area contributed by atoms with Gasteiger partial charge in [-0.1, -0.05) is 0 Å². The van der Waals surface area contributed by atoms with E-state index in [1.54, 1.807) is 0 Å². The van der Waals surface area contributed by atoms with Crippen LogP contribution in [0.4, 0.5) is 0 Å². The standard InChI is InChI=1S/C12H18BrNOS/c1-12(15-2)5-3-6-14(9-12)8-11-10(13)4-7-16-11/h4,7H,3,5-6,8-9H2,1-2H3. The van der Waals surface area contributed by atoms with Crippen molar-refractivity contribution in [2.24, 2.45) is 0 Å². The maximum atomic E-state index is 5.61. The quantitative estimate of drug-likeness (QED) is 0.847. The van der Waals surface area contributed by atoms with E-state index >= 15 is 0 Å². The Kier molecular flexibility index (Phi) is 4.06. The maximum absolute atomic E-state index is 5.61. The van der Waals surface area contributed by atoms with E-state index in [-0.39, 0.29) is 5.60 Å². The number of thiophene rings is 1. The number of rotatable bonds is 3. The van der Waals surface area contributed by atoms with E-state index in [2.05, 4.69) is 39.2 Å². The Hall–Kier alpha value is 0.100. The Morgan fingerprint density at radius 1 is 1.62 bits per heavy atom. The number of methoxy groups -OCH3 is 1. The van der Waals surface area contributed by atoms with Crippen molar-refractivity contribution >= 4 is 27.3 Å². The van der Waals surface area contributed by atoms with Gasteiger partial charge in [0.15, 0.2) is 0 Å². The molecule has 0 bridgehead atoms. The highest BCUT2D eigenvalue weighted by molar-refractivity contribution is 9.10. The van der Waals surface area contributed by atoms with Crippen LogP contribution in [0.5, 0.6) is 0 Å². The molecule has 0 N–H and O–H groups in total. The number of likely N-dealkylation sites (tertiary alicyclic amines) is 1. The minimum absolute atomic E-state index is 0.0436. The van der Waals surface area contributed by atoms with Crippen LogP contribution in [0.2, 0.25) is 0 Å². The van der Waals surface area contributed by atoms with Crippen molar-refractivity contribution < 1.29 is 4.74 Å². The fourth-order valence-corrected chi connectivity index (χ4v) is 3.77. The second-order valence-electron chi connectivity index (χ2n) is 4.66. The lowest BCUT2D eigenvalue weighted by molar-refractivity contribution is -0.0525. The number of halogens is 1. The molecule has 16 heavy (non-hydrogen) atoms. The Bertz CT molecular complexity index is 355. The maximum Gasteiger partial charge on any atom is 0.0777 e. The van der Waals surface area contributed by atoms with Crippen LogP contribution in [0.1, 0.15) is 24.6 Å². The van der Waals surface area contributed by atoms with Gasteiger partial charge in [0.25, 0.3) is 0 Å². The zero-order valence-corrected chi connectivity index (χ0v) is 12.2. The van der Waals surface area contributed by atoms with Crippen molar-refractivity contribution in [1.82, 2.24) is 4.90 Å². The lowest BCUT2D eigenvalue weighted by atomic mass is 9.95. The van der Waals surface area contributed by atoms with Gasteiger partial charge in [-0.15, -0.1) is 11.3 Å². The Morgan fingerprint density at radius 2 is 2.44 bits per heavy atom. The summed E-state index contributed by atoms with van der Waals surface area (Å²) in [5.74, 6) is 0. The van der Waals surface area contributed by atoms with Crippen LogP contribution < -0.4 is 0 Å². The summed E-state index contributed by atoms with van der Waals surface area (Å²) in [5, 5.41) is 2.14. The predicted molar refractivity (Wildman–Crippen MR) is 71.9 cm³/mol. The first-order chi connectivity index (χ1) is 7.63. The van der Waals surface area contributed by atoms with Gasteiger partial charge in [-0.2, -0.15) is 0 Å². The average Bonchev–Trinajstić information content (AvgIpc) is 2.65. The fourth-order valence-electron chi connectivity index (χ4n) is 2.25. The van der Waals surface area contributed by atoms with Crippen molar-refractivity contribution in [3.05, 3.63) is 20.8 Å². The highest BCUT2D eigenvalue weighted by Crippen LogP contribution is 2.28. The molecule has 2 heterocycles. The topological polar surface area (TPSA) is 12.5 Å². The molecule has 90 valence electrons. The lowest BCUT2D eigenvalue weighted by Crippen LogP contribution is -2.46. The van der Waals surface area contributed by atoms with Gasteiger partial charge in [-0.05, 0) is 53.7 Å². The summed E-state index contributed by atoms with van der Waals surface area (Å²) < 4.78 is 6.85. The summed E-state index contributed by atoms with van der Waals surface area (Å²) in [6.45, 7) is 5.47. The summed E-state index contributed by atoms with van der Waals surface area (Å²) in [5.41, 5.74) is 0.0436. The number of ether oxygens (including phenoxy) is 1. The largest absolute Gasteiger partial charge is 0.377 e. The van der Waals surface area contributed by atoms with Gasteiger partial charge >= 0.3 is 0 Å². The van der Waals surface area contributed by atoms with Crippen LogP contribution >= 0.6 is 27.3 Å². The van der Waals surface area contributed by atoms with Gasteiger partial charge < -0.3 is 4.74 Å². The molecule has 4 heteroatoms. The van der Waals surface area contributed by atoms with E-state index in [1.807, 2.05) is 18.4 Å². The summed E-state index contributed by atoms with van der Waals surface area (Å²) in [6.07, 6.45) is 2.40. The normalized spacial score (nSPS) is 27.2. The van der Waals surface area contributed by atoms with Gasteiger partial charge in [0.1, 0.15) is 0 Å². The van der Waals surface area contributed by atoms with E-state index in [0.29, 0.717) is 0 Å². The number of hydrogen-bond donors (Lipinski definition) is 0. The van der Waals surface area contributed by atoms with Crippen molar-refractivity contribution in [3.8, 4) is 0 Å². The molecule has 1 unspecified atom stereocenters. The van der Waals surface area contributed by atoms with E-state index in [9.17, 15) is 0 Å². The monoisotopic (exact) mass is 303 g/mol. The van der Waals surface area contributed by atoms with Gasteiger partial charge in [-0.25, -0.2) is 0 Å². The third kappa shape index (κ3) is 2.86. The first kappa shape index (κ1) is 12.6. The van der Waals surface area contributed by atoms with Crippen LogP contribution in [-0.4, -0.2) is 30.7 Å². The number of piperidine rings is 1. The molecule has 1 fully saturated rings. The molecule has 0 aliphatic carbocycles. The average molecular weight is 304 g/mol. The molecular formula is C12H18BrNOS. The zero-order valence-electron chi connectivity index (χ0n) is 9.83. The zero-order chi connectivity index (χ0) is 11.6. The molecule has 1 aliphatic rings. The highest BCUT2D eigenvalue weighted by atomic mass is 79.9. The van der Waals surface area contributed by atoms with Crippen molar-refractivity contribution in [3.63, 3.8) is 0 Å². The molecule has 0 spiro atoms. The molecule has 1 aliphatic heterocycles. The second kappa shape index (κ2) is 5.17. The van der Waals surface area contributed by atoms with Gasteiger partial charge in [0.05, 0.1) is 5.60 Å². The van der Waals surface area contributed by atoms with Gasteiger partial charge in [0.2, 0.25) is 0 Å². The summed E-state index contributed by atoms with van der Waals surface area (Å²) in [6, 6.07) is 2.12. The Labute approximate surface area is 110 Å². The summed E-state index contributed by atoms with van der Waals surface area (Å²) in [4.78, 5) is 3.91. The molecular weight excluding hydrogens is 286 g/mol. The predicted octanol–water partition coefficient (Wildman–Crippen LogP) is 3.51. The van der Waals surface area contributed by atoms with Crippen LogP contribution in [-0.2, 0) is 11.3 Å². The number of hydrogen-bond acceptors (Lipinski definition) is 3. The van der Waals surface area contributed by atoms with Crippen LogP contribution in [0.25, 0.3) is 0 Å². The molecule has 1 saturated heterocycles. The summed E-state index contributed by atoms with van der Waals surface area (Å²) >= 11 is 5.41. The van der Waals surface area contributed by atoms with E-state index in [4.69, 9.17) is 4.74 Å². The molecule has 1 aromatic heterocycles. The smallest absolute Gasteiger partial charge is 0.0777 e. The highest BCUT2D eigenvalue weighted by Gasteiger charge is 2.30.